The lowest BCUT2D eigenvalue weighted by molar-refractivity contribution is 0.331. The molecule has 0 atom stereocenters. The van der Waals surface area contributed by atoms with Gasteiger partial charge in [0.05, 0.1) is 17.6 Å². The summed E-state index contributed by atoms with van der Waals surface area (Å²) in [5.41, 5.74) is 2.17. The van der Waals surface area contributed by atoms with E-state index in [1.807, 2.05) is 45.0 Å². The van der Waals surface area contributed by atoms with Gasteiger partial charge in [-0.3, -0.25) is 0 Å². The fraction of sp³-hybridized carbons (Fsp3) is 0.316. The summed E-state index contributed by atoms with van der Waals surface area (Å²) in [5.74, 6) is 1.01. The van der Waals surface area contributed by atoms with Crippen molar-refractivity contribution in [2.24, 2.45) is 0 Å². The molecular weight excluding hydrogens is 336 g/mol. The molecule has 0 saturated heterocycles. The zero-order valence-corrected chi connectivity index (χ0v) is 15.7. The number of benzene rings is 2. The van der Waals surface area contributed by atoms with Gasteiger partial charge in [-0.1, -0.05) is 32.0 Å². The zero-order chi connectivity index (χ0) is 18.2. The SMILES string of the molecule is CCOc1ccc(C(C)C)cc1S(=O)(=O)n1c(C)nc2ccccc21. The largest absolute Gasteiger partial charge is 0.492 e. The Balaban J connectivity index is 2.29. The van der Waals surface area contributed by atoms with Gasteiger partial charge in [-0.05, 0) is 49.6 Å². The summed E-state index contributed by atoms with van der Waals surface area (Å²) in [6, 6.07) is 12.6. The summed E-state index contributed by atoms with van der Waals surface area (Å²) in [6.45, 7) is 8.00. The first-order valence-corrected chi connectivity index (χ1v) is 9.76. The van der Waals surface area contributed by atoms with Crippen molar-refractivity contribution in [3.63, 3.8) is 0 Å². The van der Waals surface area contributed by atoms with E-state index in [2.05, 4.69) is 4.98 Å². The summed E-state index contributed by atoms with van der Waals surface area (Å²) in [5, 5.41) is 0. The smallest absolute Gasteiger partial charge is 0.273 e. The zero-order valence-electron chi connectivity index (χ0n) is 14.9. The van der Waals surface area contributed by atoms with Crippen LogP contribution in [0.5, 0.6) is 5.75 Å². The Morgan fingerprint density at radius 3 is 2.56 bits per heavy atom. The van der Waals surface area contributed by atoms with Crippen molar-refractivity contribution >= 4 is 21.1 Å². The molecule has 0 spiro atoms. The fourth-order valence-electron chi connectivity index (χ4n) is 2.89. The molecule has 0 bridgehead atoms. The van der Waals surface area contributed by atoms with Crippen LogP contribution in [0.4, 0.5) is 0 Å². The quantitative estimate of drug-likeness (QED) is 0.689. The van der Waals surface area contributed by atoms with Gasteiger partial charge in [0, 0.05) is 0 Å². The molecule has 132 valence electrons. The molecule has 0 saturated carbocycles. The van der Waals surface area contributed by atoms with Crippen molar-refractivity contribution in [1.29, 1.82) is 0 Å². The molecule has 0 fully saturated rings. The number of imidazole rings is 1. The van der Waals surface area contributed by atoms with Crippen LogP contribution in [0.3, 0.4) is 0 Å². The lowest BCUT2D eigenvalue weighted by atomic mass is 10.0. The van der Waals surface area contributed by atoms with E-state index < -0.39 is 10.0 Å². The Labute approximate surface area is 148 Å². The van der Waals surface area contributed by atoms with E-state index in [1.54, 1.807) is 25.1 Å². The van der Waals surface area contributed by atoms with E-state index in [4.69, 9.17) is 4.74 Å². The van der Waals surface area contributed by atoms with Gasteiger partial charge < -0.3 is 4.74 Å². The van der Waals surface area contributed by atoms with Crippen LogP contribution in [-0.2, 0) is 10.0 Å². The van der Waals surface area contributed by atoms with E-state index in [-0.39, 0.29) is 10.8 Å². The maximum atomic E-state index is 13.4. The van der Waals surface area contributed by atoms with E-state index in [0.717, 1.165) is 5.56 Å². The third kappa shape index (κ3) is 3.02. The summed E-state index contributed by atoms with van der Waals surface area (Å²) in [7, 11) is -3.83. The van der Waals surface area contributed by atoms with E-state index in [0.29, 0.717) is 29.2 Å². The van der Waals surface area contributed by atoms with Crippen LogP contribution in [0.1, 0.15) is 38.1 Å². The Morgan fingerprint density at radius 2 is 1.88 bits per heavy atom. The number of aryl methyl sites for hydroxylation is 1. The molecule has 3 rings (SSSR count). The topological polar surface area (TPSA) is 61.2 Å². The highest BCUT2D eigenvalue weighted by atomic mass is 32.2. The Morgan fingerprint density at radius 1 is 1.16 bits per heavy atom. The van der Waals surface area contributed by atoms with Crippen LogP contribution in [0.25, 0.3) is 11.0 Å². The maximum Gasteiger partial charge on any atom is 0.273 e. The van der Waals surface area contributed by atoms with Gasteiger partial charge in [0.1, 0.15) is 16.5 Å². The molecule has 0 aliphatic heterocycles. The number of ether oxygens (including phenoxy) is 1. The van der Waals surface area contributed by atoms with E-state index in [9.17, 15) is 8.42 Å². The number of rotatable bonds is 5. The van der Waals surface area contributed by atoms with Crippen molar-refractivity contribution in [1.82, 2.24) is 8.96 Å². The highest BCUT2D eigenvalue weighted by molar-refractivity contribution is 7.90. The molecule has 3 aromatic rings. The number of hydrogen-bond donors (Lipinski definition) is 0. The molecule has 1 heterocycles. The monoisotopic (exact) mass is 358 g/mol. The molecule has 0 aliphatic rings. The average molecular weight is 358 g/mol. The molecule has 6 heteroatoms. The third-order valence-corrected chi connectivity index (χ3v) is 5.95. The minimum Gasteiger partial charge on any atom is -0.492 e. The number of para-hydroxylation sites is 2. The van der Waals surface area contributed by atoms with Crippen molar-refractivity contribution in [3.05, 3.63) is 53.9 Å². The molecule has 0 N–H and O–H groups in total. The van der Waals surface area contributed by atoms with Crippen LogP contribution < -0.4 is 4.74 Å². The predicted molar refractivity (Wildman–Crippen MR) is 98.8 cm³/mol. The van der Waals surface area contributed by atoms with Gasteiger partial charge in [0.15, 0.2) is 0 Å². The first-order valence-electron chi connectivity index (χ1n) is 8.32. The second-order valence-electron chi connectivity index (χ2n) is 6.21. The number of fused-ring (bicyclic) bond motifs is 1. The van der Waals surface area contributed by atoms with Gasteiger partial charge in [-0.15, -0.1) is 0 Å². The van der Waals surface area contributed by atoms with Crippen LogP contribution in [0.15, 0.2) is 47.4 Å². The molecular formula is C19H22N2O3S. The maximum absolute atomic E-state index is 13.4. The Bertz CT molecular complexity index is 1020. The second kappa shape index (κ2) is 6.52. The van der Waals surface area contributed by atoms with Crippen LogP contribution >= 0.6 is 0 Å². The number of aromatic nitrogens is 2. The minimum atomic E-state index is -3.83. The summed E-state index contributed by atoms with van der Waals surface area (Å²) < 4.78 is 33.8. The summed E-state index contributed by atoms with van der Waals surface area (Å²) in [6.07, 6.45) is 0. The normalized spacial score (nSPS) is 12.0. The fourth-order valence-corrected chi connectivity index (χ4v) is 4.55. The summed E-state index contributed by atoms with van der Waals surface area (Å²) >= 11 is 0. The average Bonchev–Trinajstić information content (AvgIpc) is 2.91. The predicted octanol–water partition coefficient (Wildman–Crippen LogP) is 4.10. The number of nitrogens with zero attached hydrogens (tertiary/aromatic N) is 2. The molecule has 0 amide bonds. The first kappa shape index (κ1) is 17.5. The standard InChI is InChI=1S/C19H22N2O3S/c1-5-24-18-11-10-15(13(2)3)12-19(18)25(22,23)21-14(4)20-16-8-6-7-9-17(16)21/h6-13H,5H2,1-4H3. The van der Waals surface area contributed by atoms with Gasteiger partial charge in [-0.25, -0.2) is 17.4 Å². The van der Waals surface area contributed by atoms with Crippen molar-refractivity contribution in [3.8, 4) is 5.75 Å². The second-order valence-corrected chi connectivity index (χ2v) is 7.97. The molecule has 0 aliphatic carbocycles. The molecule has 0 unspecified atom stereocenters. The molecule has 0 radical (unpaired) electrons. The summed E-state index contributed by atoms with van der Waals surface area (Å²) in [4.78, 5) is 4.55. The van der Waals surface area contributed by atoms with E-state index >= 15 is 0 Å². The van der Waals surface area contributed by atoms with Gasteiger partial charge >= 0.3 is 0 Å². The molecule has 25 heavy (non-hydrogen) atoms. The highest BCUT2D eigenvalue weighted by Crippen LogP contribution is 2.32. The minimum absolute atomic E-state index is 0.173. The molecule has 2 aromatic carbocycles. The highest BCUT2D eigenvalue weighted by Gasteiger charge is 2.26. The molecule has 5 nitrogen and oxygen atoms in total. The van der Waals surface area contributed by atoms with Gasteiger partial charge in [-0.2, -0.15) is 0 Å². The van der Waals surface area contributed by atoms with Crippen molar-refractivity contribution in [2.45, 2.75) is 38.5 Å². The third-order valence-electron chi connectivity index (χ3n) is 4.13. The Kier molecular flexibility index (Phi) is 4.56. The Hall–Kier alpha value is -2.34. The number of hydrogen-bond acceptors (Lipinski definition) is 4. The van der Waals surface area contributed by atoms with Crippen molar-refractivity contribution in [2.75, 3.05) is 6.61 Å². The van der Waals surface area contributed by atoms with Crippen molar-refractivity contribution < 1.29 is 13.2 Å². The lowest BCUT2D eigenvalue weighted by Gasteiger charge is -2.16. The van der Waals surface area contributed by atoms with Crippen LogP contribution in [0, 0.1) is 6.92 Å². The van der Waals surface area contributed by atoms with Crippen LogP contribution in [-0.4, -0.2) is 24.0 Å². The van der Waals surface area contributed by atoms with Gasteiger partial charge in [0.25, 0.3) is 10.0 Å². The van der Waals surface area contributed by atoms with Gasteiger partial charge in [0.2, 0.25) is 0 Å². The lowest BCUT2D eigenvalue weighted by Crippen LogP contribution is -2.16. The molecule has 1 aromatic heterocycles. The van der Waals surface area contributed by atoms with E-state index in [1.165, 1.54) is 3.97 Å². The van der Waals surface area contributed by atoms with Crippen LogP contribution in [0.2, 0.25) is 0 Å². The first-order chi connectivity index (χ1) is 11.9.